The number of carbonyl (C=O) groups is 1. The summed E-state index contributed by atoms with van der Waals surface area (Å²) in [6.07, 6.45) is 2.14. The molecule has 0 radical (unpaired) electrons. The van der Waals surface area contributed by atoms with Crippen molar-refractivity contribution >= 4 is 17.2 Å². The molecule has 2 rings (SSSR count). The third kappa shape index (κ3) is 3.07. The molecule has 0 aromatic carbocycles. The van der Waals surface area contributed by atoms with Crippen LogP contribution in [0.2, 0.25) is 0 Å². The van der Waals surface area contributed by atoms with E-state index in [1.54, 1.807) is 11.3 Å². The van der Waals surface area contributed by atoms with Gasteiger partial charge in [0.25, 0.3) is 0 Å². The molecule has 1 amide bonds. The second-order valence-corrected chi connectivity index (χ2v) is 5.77. The van der Waals surface area contributed by atoms with Gasteiger partial charge in [-0.15, -0.1) is 11.3 Å². The van der Waals surface area contributed by atoms with E-state index < -0.39 is 0 Å². The number of aryl methyl sites for hydroxylation is 1. The molecular weight excluding hydrogens is 232 g/mol. The minimum atomic E-state index is 0.175. The third-order valence-electron chi connectivity index (χ3n) is 3.37. The predicted molar refractivity (Wildman–Crippen MR) is 71.1 cm³/mol. The first-order valence-electron chi connectivity index (χ1n) is 6.17. The molecule has 17 heavy (non-hydrogen) atoms. The fraction of sp³-hybridized carbons (Fsp3) is 0.615. The van der Waals surface area contributed by atoms with Crippen molar-refractivity contribution in [1.29, 1.82) is 0 Å². The highest BCUT2D eigenvalue weighted by Gasteiger charge is 2.24. The van der Waals surface area contributed by atoms with E-state index in [1.165, 1.54) is 10.4 Å². The molecule has 0 spiro atoms. The van der Waals surface area contributed by atoms with Crippen molar-refractivity contribution in [2.24, 2.45) is 5.92 Å². The maximum atomic E-state index is 12.2. The average Bonchev–Trinajstić information content (AvgIpc) is 2.75. The van der Waals surface area contributed by atoms with Gasteiger partial charge in [0.15, 0.2) is 0 Å². The van der Waals surface area contributed by atoms with Crippen LogP contribution in [0.5, 0.6) is 0 Å². The van der Waals surface area contributed by atoms with E-state index in [2.05, 4.69) is 23.7 Å². The van der Waals surface area contributed by atoms with Crippen LogP contribution in [0.4, 0.5) is 0 Å². The van der Waals surface area contributed by atoms with Crippen LogP contribution < -0.4 is 5.32 Å². The summed E-state index contributed by atoms with van der Waals surface area (Å²) >= 11 is 1.73. The van der Waals surface area contributed by atoms with Crippen LogP contribution in [0.15, 0.2) is 11.4 Å². The zero-order chi connectivity index (χ0) is 12.3. The Bertz CT molecular complexity index is 383. The molecule has 0 saturated carbocycles. The van der Waals surface area contributed by atoms with Crippen molar-refractivity contribution < 1.29 is 4.79 Å². The lowest BCUT2D eigenvalue weighted by molar-refractivity contribution is -0.135. The maximum Gasteiger partial charge on any atom is 0.227 e. The normalized spacial score (nSPS) is 20.2. The second kappa shape index (κ2) is 5.65. The van der Waals surface area contributed by atoms with Gasteiger partial charge in [0.1, 0.15) is 0 Å². The molecule has 1 aliphatic heterocycles. The van der Waals surface area contributed by atoms with E-state index in [0.717, 1.165) is 32.5 Å². The van der Waals surface area contributed by atoms with E-state index in [0.29, 0.717) is 0 Å². The molecule has 4 heteroatoms. The van der Waals surface area contributed by atoms with Gasteiger partial charge in [-0.3, -0.25) is 4.79 Å². The molecule has 1 aliphatic rings. The van der Waals surface area contributed by atoms with Gasteiger partial charge in [0.05, 0.1) is 12.5 Å². The Kier molecular flexibility index (Phi) is 4.18. The summed E-state index contributed by atoms with van der Waals surface area (Å²) < 4.78 is 0. The second-order valence-electron chi connectivity index (χ2n) is 4.76. The number of amides is 1. The lowest BCUT2D eigenvalue weighted by atomic mass is 9.98. The zero-order valence-electron chi connectivity index (χ0n) is 10.5. The number of nitrogens with zero attached hydrogens (tertiary/aromatic N) is 1. The van der Waals surface area contributed by atoms with Crippen LogP contribution in [0.1, 0.15) is 23.3 Å². The van der Waals surface area contributed by atoms with Crippen LogP contribution in [0.25, 0.3) is 0 Å². The average molecular weight is 252 g/mol. The summed E-state index contributed by atoms with van der Waals surface area (Å²) in [5.74, 6) is 0.457. The molecule has 1 atom stereocenters. The van der Waals surface area contributed by atoms with Gasteiger partial charge in [-0.25, -0.2) is 0 Å². The predicted octanol–water partition coefficient (Wildman–Crippen LogP) is 2.01. The van der Waals surface area contributed by atoms with Gasteiger partial charge >= 0.3 is 0 Å². The van der Waals surface area contributed by atoms with Crippen LogP contribution in [-0.2, 0) is 11.3 Å². The maximum absolute atomic E-state index is 12.2. The quantitative estimate of drug-likeness (QED) is 0.892. The van der Waals surface area contributed by atoms with Crippen LogP contribution >= 0.6 is 11.3 Å². The first kappa shape index (κ1) is 12.6. The molecule has 1 saturated heterocycles. The molecule has 1 aromatic rings. The van der Waals surface area contributed by atoms with E-state index in [4.69, 9.17) is 0 Å². The molecule has 0 unspecified atom stereocenters. The molecule has 94 valence electrons. The number of hydrogen-bond donors (Lipinski definition) is 1. The largest absolute Gasteiger partial charge is 0.340 e. The summed E-state index contributed by atoms with van der Waals surface area (Å²) in [4.78, 5) is 15.4. The van der Waals surface area contributed by atoms with Gasteiger partial charge < -0.3 is 10.2 Å². The van der Waals surface area contributed by atoms with Crippen molar-refractivity contribution in [2.45, 2.75) is 26.3 Å². The Labute approximate surface area is 107 Å². The Morgan fingerprint density at radius 2 is 2.47 bits per heavy atom. The number of thiophene rings is 1. The Morgan fingerprint density at radius 3 is 3.06 bits per heavy atom. The highest BCUT2D eigenvalue weighted by molar-refractivity contribution is 7.10. The number of rotatable bonds is 3. The lowest BCUT2D eigenvalue weighted by Gasteiger charge is -2.26. The van der Waals surface area contributed by atoms with Crippen molar-refractivity contribution in [3.63, 3.8) is 0 Å². The van der Waals surface area contributed by atoms with Gasteiger partial charge in [-0.05, 0) is 43.3 Å². The van der Waals surface area contributed by atoms with Gasteiger partial charge in [-0.1, -0.05) is 0 Å². The Balaban J connectivity index is 1.93. The number of hydrogen-bond acceptors (Lipinski definition) is 3. The van der Waals surface area contributed by atoms with E-state index >= 15 is 0 Å². The van der Waals surface area contributed by atoms with Crippen LogP contribution in [0, 0.1) is 12.8 Å². The molecular formula is C13H20N2OS. The third-order valence-corrected chi connectivity index (χ3v) is 4.38. The van der Waals surface area contributed by atoms with Crippen molar-refractivity contribution in [3.8, 4) is 0 Å². The van der Waals surface area contributed by atoms with Crippen molar-refractivity contribution in [1.82, 2.24) is 10.2 Å². The van der Waals surface area contributed by atoms with Gasteiger partial charge in [-0.2, -0.15) is 0 Å². The first-order valence-corrected chi connectivity index (χ1v) is 7.05. The molecule has 0 aliphatic carbocycles. The van der Waals surface area contributed by atoms with Crippen molar-refractivity contribution in [2.75, 3.05) is 20.1 Å². The molecule has 1 aromatic heterocycles. The zero-order valence-corrected chi connectivity index (χ0v) is 11.3. The van der Waals surface area contributed by atoms with E-state index in [9.17, 15) is 4.79 Å². The monoisotopic (exact) mass is 252 g/mol. The van der Waals surface area contributed by atoms with Gasteiger partial charge in [0, 0.05) is 18.5 Å². The summed E-state index contributed by atoms with van der Waals surface area (Å²) in [5, 5.41) is 5.38. The highest BCUT2D eigenvalue weighted by Crippen LogP contribution is 2.19. The SMILES string of the molecule is Cc1ccsc1CN(C)C(=O)[C@H]1CCCNC1. The van der Waals surface area contributed by atoms with E-state index in [-0.39, 0.29) is 11.8 Å². The summed E-state index contributed by atoms with van der Waals surface area (Å²) in [5.41, 5.74) is 1.29. The molecule has 2 heterocycles. The fourth-order valence-electron chi connectivity index (χ4n) is 2.23. The van der Waals surface area contributed by atoms with Gasteiger partial charge in [0.2, 0.25) is 5.91 Å². The fourth-order valence-corrected chi connectivity index (χ4v) is 3.19. The standard InChI is InChI=1S/C13H20N2OS/c1-10-5-7-17-12(10)9-15(2)13(16)11-4-3-6-14-8-11/h5,7,11,14H,3-4,6,8-9H2,1-2H3/t11-/m0/s1. The smallest absolute Gasteiger partial charge is 0.227 e. The molecule has 1 N–H and O–H groups in total. The molecule has 1 fully saturated rings. The summed E-state index contributed by atoms with van der Waals surface area (Å²) in [7, 11) is 1.91. The number of nitrogens with one attached hydrogen (secondary N) is 1. The number of carbonyl (C=O) groups excluding carboxylic acids is 1. The summed E-state index contributed by atoms with van der Waals surface area (Å²) in [6.45, 7) is 4.75. The molecule has 0 bridgehead atoms. The molecule has 3 nitrogen and oxygen atoms in total. The minimum Gasteiger partial charge on any atom is -0.340 e. The van der Waals surface area contributed by atoms with Crippen LogP contribution in [-0.4, -0.2) is 30.9 Å². The topological polar surface area (TPSA) is 32.3 Å². The highest BCUT2D eigenvalue weighted by atomic mass is 32.1. The summed E-state index contributed by atoms with van der Waals surface area (Å²) in [6, 6.07) is 2.11. The first-order chi connectivity index (χ1) is 8.18. The van der Waals surface area contributed by atoms with Crippen LogP contribution in [0.3, 0.4) is 0 Å². The lowest BCUT2D eigenvalue weighted by Crippen LogP contribution is -2.41. The minimum absolute atomic E-state index is 0.175. The van der Waals surface area contributed by atoms with Crippen molar-refractivity contribution in [3.05, 3.63) is 21.9 Å². The Hall–Kier alpha value is -0.870. The number of piperidine rings is 1. The Morgan fingerprint density at radius 1 is 1.65 bits per heavy atom. The van der Waals surface area contributed by atoms with E-state index in [1.807, 2.05) is 11.9 Å².